The minimum atomic E-state index is -3.10. The molecule has 2 heterocycles. The van der Waals surface area contributed by atoms with E-state index in [-0.39, 0.29) is 5.75 Å². The van der Waals surface area contributed by atoms with Crippen molar-refractivity contribution in [3.8, 4) is 0 Å². The summed E-state index contributed by atoms with van der Waals surface area (Å²) in [5.74, 6) is 1.05. The number of rotatable bonds is 3. The summed E-state index contributed by atoms with van der Waals surface area (Å²) in [6.45, 7) is 6.05. The molecule has 2 aromatic rings. The Balaban J connectivity index is 1.87. The van der Waals surface area contributed by atoms with E-state index in [4.69, 9.17) is 0 Å². The van der Waals surface area contributed by atoms with Crippen LogP contribution < -0.4 is 4.90 Å². The van der Waals surface area contributed by atoms with Gasteiger partial charge >= 0.3 is 0 Å². The number of nitrogens with zero attached hydrogens (tertiary/aromatic N) is 4. The summed E-state index contributed by atoms with van der Waals surface area (Å²) in [7, 11) is -3.10. The molecule has 3 rings (SSSR count). The van der Waals surface area contributed by atoms with Gasteiger partial charge in [-0.3, -0.25) is 0 Å². The fourth-order valence-electron chi connectivity index (χ4n) is 2.77. The van der Waals surface area contributed by atoms with Crippen molar-refractivity contribution >= 4 is 26.7 Å². The fourth-order valence-corrected chi connectivity index (χ4v) is 3.85. The van der Waals surface area contributed by atoms with E-state index in [1.54, 1.807) is 17.6 Å². The van der Waals surface area contributed by atoms with Crippen molar-refractivity contribution in [1.82, 2.24) is 14.3 Å². The normalized spacial score (nSPS) is 17.1. The lowest BCUT2D eigenvalue weighted by Gasteiger charge is -2.34. The van der Waals surface area contributed by atoms with E-state index < -0.39 is 10.0 Å². The quantitative estimate of drug-likeness (QED) is 0.855. The first-order valence-electron chi connectivity index (χ1n) is 7.45. The molecule has 0 unspecified atom stereocenters. The zero-order valence-corrected chi connectivity index (χ0v) is 13.7. The van der Waals surface area contributed by atoms with Gasteiger partial charge in [0.1, 0.15) is 12.1 Å². The summed E-state index contributed by atoms with van der Waals surface area (Å²) < 4.78 is 25.4. The number of hydrogen-bond donors (Lipinski definition) is 0. The molecule has 1 aliphatic rings. The van der Waals surface area contributed by atoms with Gasteiger partial charge in [-0.2, -0.15) is 4.31 Å². The molecule has 118 valence electrons. The molecular weight excluding hydrogens is 300 g/mol. The summed E-state index contributed by atoms with van der Waals surface area (Å²) in [5, 5.41) is 1.02. The molecule has 0 saturated carbocycles. The Labute approximate surface area is 130 Å². The maximum absolute atomic E-state index is 11.9. The molecule has 0 N–H and O–H groups in total. The Morgan fingerprint density at radius 3 is 2.55 bits per heavy atom. The van der Waals surface area contributed by atoms with Crippen LogP contribution in [-0.4, -0.2) is 54.6 Å². The lowest BCUT2D eigenvalue weighted by atomic mass is 10.1. The summed E-state index contributed by atoms with van der Waals surface area (Å²) in [6, 6.07) is 6.11. The predicted octanol–water partition coefficient (Wildman–Crippen LogP) is 1.41. The van der Waals surface area contributed by atoms with Gasteiger partial charge in [-0.25, -0.2) is 18.4 Å². The van der Waals surface area contributed by atoms with Crippen LogP contribution in [0.25, 0.3) is 10.9 Å². The lowest BCUT2D eigenvalue weighted by molar-refractivity contribution is 0.385. The van der Waals surface area contributed by atoms with Gasteiger partial charge in [-0.15, -0.1) is 0 Å². The molecule has 0 amide bonds. The highest BCUT2D eigenvalue weighted by molar-refractivity contribution is 7.89. The van der Waals surface area contributed by atoms with Gasteiger partial charge in [0.25, 0.3) is 0 Å². The van der Waals surface area contributed by atoms with Crippen molar-refractivity contribution < 1.29 is 8.42 Å². The molecule has 0 aliphatic carbocycles. The van der Waals surface area contributed by atoms with Crippen molar-refractivity contribution in [2.75, 3.05) is 36.8 Å². The van der Waals surface area contributed by atoms with Gasteiger partial charge in [0.2, 0.25) is 10.0 Å². The van der Waals surface area contributed by atoms with Crippen LogP contribution in [0.2, 0.25) is 0 Å². The second kappa shape index (κ2) is 5.81. The number of piperazine rings is 1. The zero-order valence-electron chi connectivity index (χ0n) is 12.9. The smallest absolute Gasteiger partial charge is 0.213 e. The van der Waals surface area contributed by atoms with Crippen LogP contribution in [0.3, 0.4) is 0 Å². The van der Waals surface area contributed by atoms with Crippen LogP contribution in [-0.2, 0) is 10.0 Å². The van der Waals surface area contributed by atoms with E-state index in [1.807, 2.05) is 19.1 Å². The van der Waals surface area contributed by atoms with Gasteiger partial charge in [0.15, 0.2) is 0 Å². The number of aromatic nitrogens is 2. The SMILES string of the molecule is CCS(=O)(=O)N1CCN(c2ncnc3ccc(C)cc23)CC1. The number of anilines is 1. The number of benzene rings is 1. The average molecular weight is 320 g/mol. The van der Waals surface area contributed by atoms with Gasteiger partial charge in [-0.1, -0.05) is 11.6 Å². The monoisotopic (exact) mass is 320 g/mol. The molecule has 0 radical (unpaired) electrons. The zero-order chi connectivity index (χ0) is 15.7. The average Bonchev–Trinajstić information content (AvgIpc) is 2.54. The largest absolute Gasteiger partial charge is 0.353 e. The third-order valence-electron chi connectivity index (χ3n) is 4.07. The van der Waals surface area contributed by atoms with Crippen LogP contribution in [0.5, 0.6) is 0 Å². The molecule has 1 aliphatic heterocycles. The second-order valence-corrected chi connectivity index (χ2v) is 7.76. The van der Waals surface area contributed by atoms with E-state index >= 15 is 0 Å². The molecule has 1 aromatic heterocycles. The third-order valence-corrected chi connectivity index (χ3v) is 5.95. The van der Waals surface area contributed by atoms with Crippen molar-refractivity contribution in [3.05, 3.63) is 30.1 Å². The molecule has 1 saturated heterocycles. The van der Waals surface area contributed by atoms with Gasteiger partial charge < -0.3 is 4.90 Å². The molecule has 6 nitrogen and oxygen atoms in total. The molecular formula is C15H20N4O2S. The predicted molar refractivity (Wildman–Crippen MR) is 87.5 cm³/mol. The maximum Gasteiger partial charge on any atom is 0.213 e. The summed E-state index contributed by atoms with van der Waals surface area (Å²) >= 11 is 0. The van der Waals surface area contributed by atoms with Gasteiger partial charge in [0, 0.05) is 31.6 Å². The van der Waals surface area contributed by atoms with E-state index in [0.717, 1.165) is 22.3 Å². The van der Waals surface area contributed by atoms with Gasteiger partial charge in [0.05, 0.1) is 11.3 Å². The maximum atomic E-state index is 11.9. The van der Waals surface area contributed by atoms with E-state index in [1.165, 1.54) is 0 Å². The number of aryl methyl sites for hydroxylation is 1. The van der Waals surface area contributed by atoms with E-state index in [9.17, 15) is 8.42 Å². The Morgan fingerprint density at radius 2 is 1.86 bits per heavy atom. The minimum Gasteiger partial charge on any atom is -0.353 e. The van der Waals surface area contributed by atoms with Gasteiger partial charge in [-0.05, 0) is 26.0 Å². The number of fused-ring (bicyclic) bond motifs is 1. The highest BCUT2D eigenvalue weighted by atomic mass is 32.2. The highest BCUT2D eigenvalue weighted by Gasteiger charge is 2.26. The first-order valence-corrected chi connectivity index (χ1v) is 9.06. The lowest BCUT2D eigenvalue weighted by Crippen LogP contribution is -2.49. The van der Waals surface area contributed by atoms with Crippen molar-refractivity contribution in [3.63, 3.8) is 0 Å². The topological polar surface area (TPSA) is 66.4 Å². The van der Waals surface area contributed by atoms with Crippen molar-refractivity contribution in [2.45, 2.75) is 13.8 Å². The van der Waals surface area contributed by atoms with E-state index in [2.05, 4.69) is 20.9 Å². The number of hydrogen-bond acceptors (Lipinski definition) is 5. The summed E-state index contributed by atoms with van der Waals surface area (Å²) in [5.41, 5.74) is 2.08. The van der Waals surface area contributed by atoms with Crippen LogP contribution in [0.4, 0.5) is 5.82 Å². The second-order valence-electron chi connectivity index (χ2n) is 5.50. The first-order chi connectivity index (χ1) is 10.5. The summed E-state index contributed by atoms with van der Waals surface area (Å²) in [6.07, 6.45) is 1.57. The van der Waals surface area contributed by atoms with Crippen LogP contribution in [0, 0.1) is 6.92 Å². The molecule has 0 spiro atoms. The fraction of sp³-hybridized carbons (Fsp3) is 0.467. The standard InChI is InChI=1S/C15H20N4O2S/c1-3-22(20,21)19-8-6-18(7-9-19)15-13-10-12(2)4-5-14(13)16-11-17-15/h4-5,10-11H,3,6-9H2,1-2H3. The molecule has 7 heteroatoms. The molecule has 1 aromatic carbocycles. The first kappa shape index (κ1) is 15.2. The van der Waals surface area contributed by atoms with Crippen molar-refractivity contribution in [2.24, 2.45) is 0 Å². The molecule has 1 fully saturated rings. The van der Waals surface area contributed by atoms with E-state index in [0.29, 0.717) is 26.2 Å². The van der Waals surface area contributed by atoms with Crippen LogP contribution in [0.15, 0.2) is 24.5 Å². The Kier molecular flexibility index (Phi) is 4.01. The highest BCUT2D eigenvalue weighted by Crippen LogP contribution is 2.25. The molecule has 0 atom stereocenters. The summed E-state index contributed by atoms with van der Waals surface area (Å²) in [4.78, 5) is 10.9. The van der Waals surface area contributed by atoms with Crippen molar-refractivity contribution in [1.29, 1.82) is 0 Å². The third kappa shape index (κ3) is 2.78. The Bertz CT molecular complexity index is 783. The Morgan fingerprint density at radius 1 is 1.14 bits per heavy atom. The minimum absolute atomic E-state index is 0.155. The molecule has 22 heavy (non-hydrogen) atoms. The number of sulfonamides is 1. The van der Waals surface area contributed by atoms with Crippen LogP contribution >= 0.6 is 0 Å². The molecule has 0 bridgehead atoms. The van der Waals surface area contributed by atoms with Crippen LogP contribution in [0.1, 0.15) is 12.5 Å². The Hall–Kier alpha value is -1.73.